The molecule has 2 amide bonds. The van der Waals surface area contributed by atoms with Crippen molar-refractivity contribution in [2.45, 2.75) is 38.1 Å². The molecular formula is C19H28N4O5. The van der Waals surface area contributed by atoms with Crippen molar-refractivity contribution in [2.75, 3.05) is 26.1 Å². The van der Waals surface area contributed by atoms with E-state index >= 15 is 0 Å². The van der Waals surface area contributed by atoms with Crippen molar-refractivity contribution in [3.05, 3.63) is 29.8 Å². The van der Waals surface area contributed by atoms with Crippen molar-refractivity contribution < 1.29 is 23.9 Å². The van der Waals surface area contributed by atoms with E-state index in [1.807, 2.05) is 0 Å². The van der Waals surface area contributed by atoms with Gasteiger partial charge in [-0.1, -0.05) is 12.1 Å². The maximum Gasteiger partial charge on any atom is 0.307 e. The molecule has 0 aliphatic carbocycles. The molecule has 0 aromatic heterocycles. The molecule has 154 valence electrons. The SMILES string of the molecule is COCCCC(CC(=O)OC)NC(=O)CCC(=O)Nc1ccc(C=NN)cc1. The summed E-state index contributed by atoms with van der Waals surface area (Å²) < 4.78 is 9.65. The Bertz CT molecular complexity index is 661. The number of carbonyl (C=O) groups excluding carboxylic acids is 3. The molecule has 0 radical (unpaired) electrons. The van der Waals surface area contributed by atoms with Crippen molar-refractivity contribution in [3.63, 3.8) is 0 Å². The number of rotatable bonds is 12. The summed E-state index contributed by atoms with van der Waals surface area (Å²) in [6, 6.07) is 6.61. The number of ether oxygens (including phenoxy) is 2. The highest BCUT2D eigenvalue weighted by atomic mass is 16.5. The molecular weight excluding hydrogens is 364 g/mol. The predicted molar refractivity (Wildman–Crippen MR) is 106 cm³/mol. The Morgan fingerprint density at radius 1 is 1.14 bits per heavy atom. The van der Waals surface area contributed by atoms with E-state index in [1.165, 1.54) is 13.3 Å². The number of anilines is 1. The molecule has 0 heterocycles. The molecule has 9 heteroatoms. The predicted octanol–water partition coefficient (Wildman–Crippen LogP) is 1.17. The quantitative estimate of drug-likeness (QED) is 0.161. The third-order valence-electron chi connectivity index (χ3n) is 3.90. The van der Waals surface area contributed by atoms with Gasteiger partial charge in [0.05, 0.1) is 19.7 Å². The normalized spacial score (nSPS) is 11.8. The number of hydrazone groups is 1. The van der Waals surface area contributed by atoms with Crippen molar-refractivity contribution in [2.24, 2.45) is 10.9 Å². The number of nitrogens with zero attached hydrogens (tertiary/aromatic N) is 1. The van der Waals surface area contributed by atoms with Crippen molar-refractivity contribution in [1.82, 2.24) is 5.32 Å². The molecule has 1 aromatic rings. The summed E-state index contributed by atoms with van der Waals surface area (Å²) in [6.07, 6.45) is 2.90. The summed E-state index contributed by atoms with van der Waals surface area (Å²) in [4.78, 5) is 35.6. The zero-order valence-corrected chi connectivity index (χ0v) is 16.3. The number of esters is 1. The van der Waals surface area contributed by atoms with E-state index in [4.69, 9.17) is 10.6 Å². The first-order valence-electron chi connectivity index (χ1n) is 8.96. The topological polar surface area (TPSA) is 132 Å². The Labute approximate surface area is 164 Å². The lowest BCUT2D eigenvalue weighted by atomic mass is 10.1. The molecule has 28 heavy (non-hydrogen) atoms. The average molecular weight is 392 g/mol. The van der Waals surface area contributed by atoms with Gasteiger partial charge in [0.15, 0.2) is 0 Å². The van der Waals surface area contributed by atoms with Crippen LogP contribution in [0.5, 0.6) is 0 Å². The largest absolute Gasteiger partial charge is 0.469 e. The third-order valence-corrected chi connectivity index (χ3v) is 3.90. The molecule has 0 aliphatic rings. The fourth-order valence-corrected chi connectivity index (χ4v) is 2.47. The van der Waals surface area contributed by atoms with Gasteiger partial charge in [0.1, 0.15) is 0 Å². The van der Waals surface area contributed by atoms with Crippen molar-refractivity contribution in [3.8, 4) is 0 Å². The maximum atomic E-state index is 12.1. The molecule has 0 saturated carbocycles. The first-order chi connectivity index (χ1) is 13.5. The molecule has 9 nitrogen and oxygen atoms in total. The Morgan fingerprint density at radius 3 is 2.43 bits per heavy atom. The number of methoxy groups -OCH3 is 2. The lowest BCUT2D eigenvalue weighted by Crippen LogP contribution is -2.37. The van der Waals surface area contributed by atoms with Crippen LogP contribution in [-0.2, 0) is 23.9 Å². The second kappa shape index (κ2) is 13.3. The molecule has 0 aliphatic heterocycles. The van der Waals surface area contributed by atoms with Crippen LogP contribution in [0.2, 0.25) is 0 Å². The van der Waals surface area contributed by atoms with Crippen LogP contribution < -0.4 is 16.5 Å². The average Bonchev–Trinajstić information content (AvgIpc) is 2.68. The minimum atomic E-state index is -0.399. The number of nitrogens with one attached hydrogen (secondary N) is 2. The standard InChI is InChI=1S/C19H28N4O5/c1-27-11-3-4-16(12-19(26)28-2)23-18(25)10-9-17(24)22-15-7-5-14(6-8-15)13-21-20/h5-8,13,16H,3-4,9-12,20H2,1-2H3,(H,22,24)(H,23,25). The molecule has 1 unspecified atom stereocenters. The van der Waals surface area contributed by atoms with E-state index < -0.39 is 5.97 Å². The Morgan fingerprint density at radius 2 is 1.82 bits per heavy atom. The van der Waals surface area contributed by atoms with Crippen LogP contribution in [0.15, 0.2) is 29.4 Å². The van der Waals surface area contributed by atoms with Crippen LogP contribution in [-0.4, -0.2) is 50.9 Å². The molecule has 0 bridgehead atoms. The zero-order valence-electron chi connectivity index (χ0n) is 16.3. The summed E-state index contributed by atoms with van der Waals surface area (Å²) in [6.45, 7) is 0.534. The second-order valence-corrected chi connectivity index (χ2v) is 6.13. The van der Waals surface area contributed by atoms with E-state index in [0.717, 1.165) is 5.56 Å². The van der Waals surface area contributed by atoms with Gasteiger partial charge in [0, 0.05) is 38.3 Å². The Balaban J connectivity index is 2.44. The van der Waals surface area contributed by atoms with Gasteiger partial charge in [-0.3, -0.25) is 14.4 Å². The van der Waals surface area contributed by atoms with Gasteiger partial charge in [-0.05, 0) is 30.5 Å². The third kappa shape index (κ3) is 9.67. The van der Waals surface area contributed by atoms with Crippen LogP contribution in [0.25, 0.3) is 0 Å². The lowest BCUT2D eigenvalue weighted by Gasteiger charge is -2.17. The van der Waals surface area contributed by atoms with E-state index in [-0.39, 0.29) is 37.1 Å². The molecule has 0 saturated heterocycles. The molecule has 1 rings (SSSR count). The number of hydrogen-bond donors (Lipinski definition) is 3. The minimum Gasteiger partial charge on any atom is -0.469 e. The number of carbonyl (C=O) groups is 3. The monoisotopic (exact) mass is 392 g/mol. The van der Waals surface area contributed by atoms with E-state index in [1.54, 1.807) is 31.4 Å². The highest BCUT2D eigenvalue weighted by molar-refractivity contribution is 5.93. The fourth-order valence-electron chi connectivity index (χ4n) is 2.47. The number of benzene rings is 1. The smallest absolute Gasteiger partial charge is 0.307 e. The first kappa shape index (κ1) is 23.1. The lowest BCUT2D eigenvalue weighted by molar-refractivity contribution is -0.141. The zero-order chi connectivity index (χ0) is 20.8. The van der Waals surface area contributed by atoms with Gasteiger partial charge in [-0.2, -0.15) is 5.10 Å². The molecule has 0 spiro atoms. The van der Waals surface area contributed by atoms with Crippen LogP contribution in [0.3, 0.4) is 0 Å². The van der Waals surface area contributed by atoms with E-state index in [0.29, 0.717) is 25.1 Å². The maximum absolute atomic E-state index is 12.1. The van der Waals surface area contributed by atoms with Gasteiger partial charge in [0.25, 0.3) is 0 Å². The summed E-state index contributed by atoms with van der Waals surface area (Å²) in [5.41, 5.74) is 1.42. The second-order valence-electron chi connectivity index (χ2n) is 6.13. The van der Waals surface area contributed by atoms with Crippen molar-refractivity contribution in [1.29, 1.82) is 0 Å². The number of nitrogens with two attached hydrogens (primary N) is 1. The molecule has 0 fully saturated rings. The summed E-state index contributed by atoms with van der Waals surface area (Å²) in [5.74, 6) is 4.11. The Kier molecular flexibility index (Phi) is 10.9. The van der Waals surface area contributed by atoms with E-state index in [9.17, 15) is 14.4 Å². The van der Waals surface area contributed by atoms with Gasteiger partial charge in [-0.15, -0.1) is 0 Å². The van der Waals surface area contributed by atoms with Gasteiger partial charge < -0.3 is 25.9 Å². The van der Waals surface area contributed by atoms with Crippen LogP contribution >= 0.6 is 0 Å². The molecule has 4 N–H and O–H groups in total. The molecule has 1 aromatic carbocycles. The highest BCUT2D eigenvalue weighted by Crippen LogP contribution is 2.10. The highest BCUT2D eigenvalue weighted by Gasteiger charge is 2.17. The van der Waals surface area contributed by atoms with E-state index in [2.05, 4.69) is 20.5 Å². The van der Waals surface area contributed by atoms with Crippen LogP contribution in [0.4, 0.5) is 5.69 Å². The number of hydrogen-bond acceptors (Lipinski definition) is 7. The minimum absolute atomic E-state index is 0.0195. The van der Waals surface area contributed by atoms with Crippen LogP contribution in [0.1, 0.15) is 37.7 Å². The fraction of sp³-hybridized carbons (Fsp3) is 0.474. The Hall–Kier alpha value is -2.94. The number of amides is 2. The van der Waals surface area contributed by atoms with Gasteiger partial charge >= 0.3 is 5.97 Å². The van der Waals surface area contributed by atoms with Gasteiger partial charge in [-0.25, -0.2) is 0 Å². The van der Waals surface area contributed by atoms with Crippen LogP contribution in [0, 0.1) is 0 Å². The van der Waals surface area contributed by atoms with Crippen molar-refractivity contribution >= 4 is 29.7 Å². The summed E-state index contributed by atoms with van der Waals surface area (Å²) >= 11 is 0. The van der Waals surface area contributed by atoms with Gasteiger partial charge in [0.2, 0.25) is 11.8 Å². The molecule has 1 atom stereocenters. The summed E-state index contributed by atoms with van der Waals surface area (Å²) in [5, 5.41) is 8.92. The first-order valence-corrected chi connectivity index (χ1v) is 8.96. The summed E-state index contributed by atoms with van der Waals surface area (Å²) in [7, 11) is 2.89.